The van der Waals surface area contributed by atoms with Crippen molar-refractivity contribution in [3.05, 3.63) is 64.7 Å². The molecule has 21 heavy (non-hydrogen) atoms. The minimum atomic E-state index is -0.160. The van der Waals surface area contributed by atoms with Crippen molar-refractivity contribution in [2.75, 3.05) is 11.9 Å². The van der Waals surface area contributed by atoms with Crippen LogP contribution in [0.25, 0.3) is 0 Å². The third kappa shape index (κ3) is 3.37. The molecule has 2 aromatic rings. The number of hydrogen-bond donors (Lipinski definition) is 1. The van der Waals surface area contributed by atoms with Crippen LogP contribution in [0.4, 0.5) is 5.69 Å². The van der Waals surface area contributed by atoms with Crippen LogP contribution in [0.5, 0.6) is 0 Å². The van der Waals surface area contributed by atoms with Gasteiger partial charge in [-0.1, -0.05) is 41.9 Å². The summed E-state index contributed by atoms with van der Waals surface area (Å²) in [4.78, 5) is 12.2. The normalized spacial score (nSPS) is 16.7. The molecule has 0 fully saturated rings. The second-order valence-corrected chi connectivity index (χ2v) is 5.61. The Bertz CT molecular complexity index is 639. The van der Waals surface area contributed by atoms with Crippen molar-refractivity contribution < 1.29 is 9.53 Å². The van der Waals surface area contributed by atoms with Gasteiger partial charge < -0.3 is 10.1 Å². The van der Waals surface area contributed by atoms with Gasteiger partial charge in [0.2, 0.25) is 0 Å². The molecular weight excluding hydrogens is 286 g/mol. The van der Waals surface area contributed by atoms with Crippen LogP contribution in [0.2, 0.25) is 5.02 Å². The zero-order valence-electron chi connectivity index (χ0n) is 11.5. The van der Waals surface area contributed by atoms with E-state index >= 15 is 0 Å². The van der Waals surface area contributed by atoms with E-state index in [2.05, 4.69) is 5.32 Å². The summed E-state index contributed by atoms with van der Waals surface area (Å²) >= 11 is 5.83. The monoisotopic (exact) mass is 301 g/mol. The van der Waals surface area contributed by atoms with Gasteiger partial charge >= 0.3 is 5.97 Å². The van der Waals surface area contributed by atoms with Crippen molar-refractivity contribution in [1.29, 1.82) is 0 Å². The summed E-state index contributed by atoms with van der Waals surface area (Å²) in [6.45, 7) is 0.907. The standard InChI is InChI=1S/C17H16ClNO2/c18-15-7-5-12(6-8-15)11-21-17(20)14-9-13-3-1-2-4-16(13)19-10-14/h1-8,14,19H,9-11H2. The van der Waals surface area contributed by atoms with Crippen LogP contribution in [0.1, 0.15) is 11.1 Å². The Kier molecular flexibility index (Phi) is 4.11. The molecule has 0 aromatic heterocycles. The maximum Gasteiger partial charge on any atom is 0.311 e. The molecule has 1 aliphatic rings. The summed E-state index contributed by atoms with van der Waals surface area (Å²) in [5.74, 6) is -0.292. The van der Waals surface area contributed by atoms with Crippen molar-refractivity contribution in [3.8, 4) is 0 Å². The predicted octanol–water partition coefficient (Wildman–Crippen LogP) is 3.67. The minimum absolute atomic E-state index is 0.132. The van der Waals surface area contributed by atoms with Gasteiger partial charge in [-0.2, -0.15) is 0 Å². The molecule has 0 bridgehead atoms. The third-order valence-electron chi connectivity index (χ3n) is 3.65. The first-order valence-electron chi connectivity index (χ1n) is 6.95. The fourth-order valence-electron chi connectivity index (χ4n) is 2.46. The van der Waals surface area contributed by atoms with Crippen LogP contribution in [0.15, 0.2) is 48.5 Å². The number of nitrogens with one attached hydrogen (secondary N) is 1. The average molecular weight is 302 g/mol. The Balaban J connectivity index is 1.58. The number of carbonyl (C=O) groups is 1. The molecular formula is C17H16ClNO2. The van der Waals surface area contributed by atoms with Gasteiger partial charge in [0, 0.05) is 17.3 Å². The second kappa shape index (κ2) is 6.19. The number of rotatable bonds is 3. The number of fused-ring (bicyclic) bond motifs is 1. The Labute approximate surface area is 128 Å². The van der Waals surface area contributed by atoms with Crippen LogP contribution in [0, 0.1) is 5.92 Å². The molecule has 3 nitrogen and oxygen atoms in total. The summed E-state index contributed by atoms with van der Waals surface area (Å²) in [6.07, 6.45) is 0.725. The zero-order chi connectivity index (χ0) is 14.7. The fraction of sp³-hybridized carbons (Fsp3) is 0.235. The smallest absolute Gasteiger partial charge is 0.311 e. The Morgan fingerprint density at radius 3 is 2.76 bits per heavy atom. The lowest BCUT2D eigenvalue weighted by molar-refractivity contribution is -0.149. The highest BCUT2D eigenvalue weighted by molar-refractivity contribution is 6.30. The van der Waals surface area contributed by atoms with Gasteiger partial charge in [-0.25, -0.2) is 0 Å². The van der Waals surface area contributed by atoms with E-state index in [1.165, 1.54) is 0 Å². The van der Waals surface area contributed by atoms with Crippen molar-refractivity contribution in [2.24, 2.45) is 5.92 Å². The first-order valence-corrected chi connectivity index (χ1v) is 7.33. The Morgan fingerprint density at radius 2 is 1.95 bits per heavy atom. The highest BCUT2D eigenvalue weighted by Crippen LogP contribution is 2.25. The number of esters is 1. The van der Waals surface area contributed by atoms with E-state index in [9.17, 15) is 4.79 Å². The van der Waals surface area contributed by atoms with E-state index in [1.807, 2.05) is 36.4 Å². The number of hydrogen-bond acceptors (Lipinski definition) is 3. The quantitative estimate of drug-likeness (QED) is 0.879. The van der Waals surface area contributed by atoms with Crippen molar-refractivity contribution >= 4 is 23.3 Å². The van der Waals surface area contributed by atoms with Crippen molar-refractivity contribution in [1.82, 2.24) is 0 Å². The van der Waals surface area contributed by atoms with Gasteiger partial charge in [0.1, 0.15) is 6.61 Å². The van der Waals surface area contributed by atoms with Gasteiger partial charge in [0.05, 0.1) is 5.92 Å². The summed E-state index contributed by atoms with van der Waals surface area (Å²) < 4.78 is 5.40. The van der Waals surface area contributed by atoms with Crippen LogP contribution in [-0.4, -0.2) is 12.5 Å². The fourth-order valence-corrected chi connectivity index (χ4v) is 2.59. The lowest BCUT2D eigenvalue weighted by atomic mass is 9.94. The van der Waals surface area contributed by atoms with E-state index in [1.54, 1.807) is 12.1 Å². The second-order valence-electron chi connectivity index (χ2n) is 5.17. The molecule has 0 saturated carbocycles. The summed E-state index contributed by atoms with van der Waals surface area (Å²) in [5.41, 5.74) is 3.22. The largest absolute Gasteiger partial charge is 0.461 e. The molecule has 0 saturated heterocycles. The van der Waals surface area contributed by atoms with E-state index in [0.29, 0.717) is 11.6 Å². The SMILES string of the molecule is O=C(OCc1ccc(Cl)cc1)C1CNc2ccccc2C1. The molecule has 1 heterocycles. The van der Waals surface area contributed by atoms with E-state index in [4.69, 9.17) is 16.3 Å². The maximum atomic E-state index is 12.2. The average Bonchev–Trinajstić information content (AvgIpc) is 2.53. The first-order chi connectivity index (χ1) is 10.2. The van der Waals surface area contributed by atoms with Gasteiger partial charge in [-0.05, 0) is 35.7 Å². The lowest BCUT2D eigenvalue weighted by Crippen LogP contribution is -2.31. The Morgan fingerprint density at radius 1 is 1.19 bits per heavy atom. The van der Waals surface area contributed by atoms with E-state index < -0.39 is 0 Å². The van der Waals surface area contributed by atoms with Crippen LogP contribution >= 0.6 is 11.6 Å². The van der Waals surface area contributed by atoms with Gasteiger partial charge in [0.15, 0.2) is 0 Å². The first kappa shape index (κ1) is 14.0. The Hall–Kier alpha value is -2.00. The van der Waals surface area contributed by atoms with Gasteiger partial charge in [-0.15, -0.1) is 0 Å². The molecule has 0 aliphatic carbocycles. The zero-order valence-corrected chi connectivity index (χ0v) is 12.3. The number of carbonyl (C=O) groups excluding carboxylic acids is 1. The van der Waals surface area contributed by atoms with Gasteiger partial charge in [-0.3, -0.25) is 4.79 Å². The van der Waals surface area contributed by atoms with Crippen molar-refractivity contribution in [3.63, 3.8) is 0 Å². The minimum Gasteiger partial charge on any atom is -0.461 e. The molecule has 1 unspecified atom stereocenters. The van der Waals surface area contributed by atoms with Gasteiger partial charge in [0.25, 0.3) is 0 Å². The van der Waals surface area contributed by atoms with Crippen LogP contribution in [-0.2, 0) is 22.6 Å². The number of para-hydroxylation sites is 1. The number of halogens is 1. The van der Waals surface area contributed by atoms with Crippen molar-refractivity contribution in [2.45, 2.75) is 13.0 Å². The molecule has 0 spiro atoms. The van der Waals surface area contributed by atoms with E-state index in [-0.39, 0.29) is 18.5 Å². The molecule has 1 N–H and O–H groups in total. The molecule has 4 heteroatoms. The summed E-state index contributed by atoms with van der Waals surface area (Å²) in [5, 5.41) is 3.96. The molecule has 0 amide bonds. The molecule has 108 valence electrons. The number of benzene rings is 2. The molecule has 1 atom stereocenters. The van der Waals surface area contributed by atoms with Crippen LogP contribution < -0.4 is 5.32 Å². The maximum absolute atomic E-state index is 12.2. The van der Waals surface area contributed by atoms with Crippen LogP contribution in [0.3, 0.4) is 0 Å². The molecule has 1 aliphatic heterocycles. The predicted molar refractivity (Wildman–Crippen MR) is 83.4 cm³/mol. The molecule has 0 radical (unpaired) electrons. The topological polar surface area (TPSA) is 38.3 Å². The highest BCUT2D eigenvalue weighted by atomic mass is 35.5. The summed E-state index contributed by atoms with van der Waals surface area (Å²) in [6, 6.07) is 15.4. The number of ether oxygens (including phenoxy) is 1. The molecule has 2 aromatic carbocycles. The number of anilines is 1. The highest BCUT2D eigenvalue weighted by Gasteiger charge is 2.25. The van der Waals surface area contributed by atoms with E-state index in [0.717, 1.165) is 23.2 Å². The lowest BCUT2D eigenvalue weighted by Gasteiger charge is -2.24. The third-order valence-corrected chi connectivity index (χ3v) is 3.90. The molecule has 3 rings (SSSR count). The summed E-state index contributed by atoms with van der Waals surface area (Å²) in [7, 11) is 0.